The van der Waals surface area contributed by atoms with E-state index in [0.717, 1.165) is 55.5 Å². The van der Waals surface area contributed by atoms with Crippen LogP contribution in [-0.4, -0.2) is 0 Å². The molecule has 2 heteroatoms. The molecule has 0 amide bonds. The van der Waals surface area contributed by atoms with Gasteiger partial charge >= 0.3 is 0 Å². The van der Waals surface area contributed by atoms with Gasteiger partial charge in [0.1, 0.15) is 11.2 Å². The highest BCUT2D eigenvalue weighted by molar-refractivity contribution is 6.19. The molecule has 0 bridgehead atoms. The van der Waals surface area contributed by atoms with E-state index in [1.165, 1.54) is 61.0 Å². The molecule has 0 fully saturated rings. The molecule has 2 nitrogen and oxygen atoms in total. The summed E-state index contributed by atoms with van der Waals surface area (Å²) in [5, 5.41) is 4.58. The Hall–Kier alpha value is -7.94. The molecule has 284 valence electrons. The normalized spacial score (nSPS) is 13.0. The molecule has 10 aromatic carbocycles. The van der Waals surface area contributed by atoms with Crippen molar-refractivity contribution < 1.29 is 4.42 Å². The molecule has 1 spiro atoms. The van der Waals surface area contributed by atoms with Gasteiger partial charge in [0.15, 0.2) is 0 Å². The minimum Gasteiger partial charge on any atom is -0.455 e. The number of anilines is 3. The number of para-hydroxylation sites is 1. The SMILES string of the molecule is c1ccc(-c2cc3c4ccc(-c5ccc(N(c6ccccc6)c6ccc7c(c6)C6(c8ccccc8-c8ccccc86)c6ccccc6-7)cc5)cc4oc3c3ccccc23)cc1. The summed E-state index contributed by atoms with van der Waals surface area (Å²) in [5.74, 6) is 0. The Morgan fingerprint density at radius 2 is 0.820 bits per heavy atom. The topological polar surface area (TPSA) is 16.4 Å². The third kappa shape index (κ3) is 4.85. The van der Waals surface area contributed by atoms with Crippen molar-refractivity contribution in [2.75, 3.05) is 4.90 Å². The van der Waals surface area contributed by atoms with Crippen LogP contribution >= 0.6 is 0 Å². The minimum absolute atomic E-state index is 0.411. The van der Waals surface area contributed by atoms with Crippen molar-refractivity contribution in [2.45, 2.75) is 5.41 Å². The predicted octanol–water partition coefficient (Wildman–Crippen LogP) is 15.9. The maximum Gasteiger partial charge on any atom is 0.143 e. The second-order valence-electron chi connectivity index (χ2n) is 16.4. The summed E-state index contributed by atoms with van der Waals surface area (Å²) in [6.45, 7) is 0. The highest BCUT2D eigenvalue weighted by Gasteiger charge is 2.51. The Kier molecular flexibility index (Phi) is 7.26. The lowest BCUT2D eigenvalue weighted by Gasteiger charge is -2.32. The Labute approximate surface area is 354 Å². The van der Waals surface area contributed by atoms with Crippen LogP contribution in [0.4, 0.5) is 17.1 Å². The molecule has 1 aromatic heterocycles. The van der Waals surface area contributed by atoms with E-state index < -0.39 is 5.41 Å². The molecule has 0 saturated heterocycles. The van der Waals surface area contributed by atoms with Gasteiger partial charge in [-0.05, 0) is 127 Å². The summed E-state index contributed by atoms with van der Waals surface area (Å²) in [5.41, 5.74) is 20.0. The summed E-state index contributed by atoms with van der Waals surface area (Å²) in [7, 11) is 0. The average molecular weight is 776 g/mol. The number of hydrogen-bond donors (Lipinski definition) is 0. The Morgan fingerprint density at radius 3 is 1.49 bits per heavy atom. The Bertz CT molecular complexity index is 3460. The van der Waals surface area contributed by atoms with Crippen molar-refractivity contribution in [1.29, 1.82) is 0 Å². The number of nitrogens with zero attached hydrogens (tertiary/aromatic N) is 1. The van der Waals surface area contributed by atoms with Crippen LogP contribution in [0.15, 0.2) is 229 Å². The number of fused-ring (bicyclic) bond motifs is 15. The summed E-state index contributed by atoms with van der Waals surface area (Å²) in [6, 6.07) is 82.0. The van der Waals surface area contributed by atoms with Gasteiger partial charge in [0.05, 0.1) is 5.41 Å². The summed E-state index contributed by atoms with van der Waals surface area (Å²) >= 11 is 0. The first-order chi connectivity index (χ1) is 30.3. The lowest BCUT2D eigenvalue weighted by molar-refractivity contribution is 0.673. The van der Waals surface area contributed by atoms with Crippen molar-refractivity contribution in [3.05, 3.63) is 247 Å². The smallest absolute Gasteiger partial charge is 0.143 e. The number of benzene rings is 10. The van der Waals surface area contributed by atoms with Crippen LogP contribution in [0.5, 0.6) is 0 Å². The van der Waals surface area contributed by atoms with Crippen molar-refractivity contribution >= 4 is 49.8 Å². The van der Waals surface area contributed by atoms with Gasteiger partial charge in [-0.1, -0.05) is 170 Å². The van der Waals surface area contributed by atoms with Crippen molar-refractivity contribution in [2.24, 2.45) is 0 Å². The molecule has 0 saturated carbocycles. The first kappa shape index (κ1) is 34.0. The first-order valence-corrected chi connectivity index (χ1v) is 21.1. The highest BCUT2D eigenvalue weighted by atomic mass is 16.3. The van der Waals surface area contributed by atoms with Crippen LogP contribution < -0.4 is 4.90 Å². The first-order valence-electron chi connectivity index (χ1n) is 21.1. The van der Waals surface area contributed by atoms with Crippen molar-refractivity contribution in [3.8, 4) is 44.5 Å². The lowest BCUT2D eigenvalue weighted by Crippen LogP contribution is -2.26. The fraction of sp³-hybridized carbons (Fsp3) is 0.0169. The molecule has 13 rings (SSSR count). The molecule has 1 heterocycles. The molecule has 0 N–H and O–H groups in total. The van der Waals surface area contributed by atoms with Crippen LogP contribution in [0.25, 0.3) is 77.2 Å². The molecule has 2 aliphatic rings. The molecular weight excluding hydrogens is 739 g/mol. The third-order valence-electron chi connectivity index (χ3n) is 13.3. The standard InChI is InChI=1S/C59H37NO/c1-3-15-39(16-4-1)51-37-52-49-33-29-40(35-57(49)61-58(52)50-23-8-7-19-44(50)51)38-27-30-42(31-28-38)60(41-17-5-2-6-18-41)43-32-34-48-47-22-11-14-26-55(47)59(56(48)36-43)53-24-12-9-20-45(53)46-21-10-13-25-54(46)59/h1-37H. The fourth-order valence-electron chi connectivity index (χ4n) is 10.7. The summed E-state index contributed by atoms with van der Waals surface area (Å²) < 4.78 is 6.73. The lowest BCUT2D eigenvalue weighted by atomic mass is 9.70. The third-order valence-corrected chi connectivity index (χ3v) is 13.3. The van der Waals surface area contributed by atoms with Crippen LogP contribution in [0.1, 0.15) is 22.3 Å². The molecular formula is C59H37NO. The van der Waals surface area contributed by atoms with Crippen LogP contribution in [-0.2, 0) is 5.41 Å². The second kappa shape index (κ2) is 13.0. The quantitative estimate of drug-likeness (QED) is 0.173. The fourth-order valence-corrected chi connectivity index (χ4v) is 10.7. The van der Waals surface area contributed by atoms with Gasteiger partial charge in [0, 0.05) is 33.2 Å². The second-order valence-corrected chi connectivity index (χ2v) is 16.4. The van der Waals surface area contributed by atoms with E-state index in [0.29, 0.717) is 0 Å². The molecule has 0 radical (unpaired) electrons. The van der Waals surface area contributed by atoms with E-state index in [4.69, 9.17) is 4.42 Å². The molecule has 0 aliphatic heterocycles. The predicted molar refractivity (Wildman–Crippen MR) is 253 cm³/mol. The van der Waals surface area contributed by atoms with Crippen molar-refractivity contribution in [1.82, 2.24) is 0 Å². The maximum absolute atomic E-state index is 6.73. The van der Waals surface area contributed by atoms with Gasteiger partial charge in [-0.2, -0.15) is 0 Å². The number of rotatable bonds is 5. The molecule has 0 unspecified atom stereocenters. The van der Waals surface area contributed by atoms with Crippen LogP contribution in [0, 0.1) is 0 Å². The number of furan rings is 1. The van der Waals surface area contributed by atoms with Gasteiger partial charge in [0.25, 0.3) is 0 Å². The Balaban J connectivity index is 0.933. The Morgan fingerprint density at radius 1 is 0.295 bits per heavy atom. The van der Waals surface area contributed by atoms with Gasteiger partial charge in [-0.25, -0.2) is 0 Å². The highest BCUT2D eigenvalue weighted by Crippen LogP contribution is 2.63. The van der Waals surface area contributed by atoms with Crippen LogP contribution in [0.2, 0.25) is 0 Å². The minimum atomic E-state index is -0.411. The molecule has 2 aliphatic carbocycles. The molecule has 61 heavy (non-hydrogen) atoms. The van der Waals surface area contributed by atoms with Gasteiger partial charge in [0.2, 0.25) is 0 Å². The summed E-state index contributed by atoms with van der Waals surface area (Å²) in [6.07, 6.45) is 0. The van der Waals surface area contributed by atoms with E-state index in [9.17, 15) is 0 Å². The van der Waals surface area contributed by atoms with E-state index >= 15 is 0 Å². The van der Waals surface area contributed by atoms with Crippen molar-refractivity contribution in [3.63, 3.8) is 0 Å². The largest absolute Gasteiger partial charge is 0.455 e. The van der Waals surface area contributed by atoms with Gasteiger partial charge in [-0.15, -0.1) is 0 Å². The number of hydrogen-bond acceptors (Lipinski definition) is 2. The van der Waals surface area contributed by atoms with E-state index in [-0.39, 0.29) is 0 Å². The van der Waals surface area contributed by atoms with E-state index in [1.54, 1.807) is 0 Å². The zero-order chi connectivity index (χ0) is 40.1. The zero-order valence-corrected chi connectivity index (χ0v) is 33.2. The average Bonchev–Trinajstić information content (AvgIpc) is 3.96. The maximum atomic E-state index is 6.73. The van der Waals surface area contributed by atoms with Gasteiger partial charge in [-0.3, -0.25) is 0 Å². The molecule has 11 aromatic rings. The summed E-state index contributed by atoms with van der Waals surface area (Å²) in [4.78, 5) is 2.39. The van der Waals surface area contributed by atoms with E-state index in [1.807, 2.05) is 0 Å². The van der Waals surface area contributed by atoms with Crippen LogP contribution in [0.3, 0.4) is 0 Å². The van der Waals surface area contributed by atoms with E-state index in [2.05, 4.69) is 229 Å². The monoisotopic (exact) mass is 775 g/mol. The molecule has 0 atom stereocenters. The zero-order valence-electron chi connectivity index (χ0n) is 33.2. The van der Waals surface area contributed by atoms with Gasteiger partial charge < -0.3 is 9.32 Å².